The van der Waals surface area contributed by atoms with Crippen LogP contribution in [0.15, 0.2) is 71.6 Å². The molecule has 0 aromatic heterocycles. The molecule has 2 N–H and O–H groups in total. The van der Waals surface area contributed by atoms with Gasteiger partial charge in [0.05, 0.1) is 24.1 Å². The number of benzene rings is 3. The highest BCUT2D eigenvalue weighted by atomic mass is 32.2. The van der Waals surface area contributed by atoms with Crippen molar-refractivity contribution < 1.29 is 18.7 Å². The molecule has 0 saturated heterocycles. The molecule has 3 aromatic rings. The molecule has 0 heterocycles. The molecular formula is C23H21FN2O3S. The van der Waals surface area contributed by atoms with Gasteiger partial charge in [-0.25, -0.2) is 4.39 Å². The minimum Gasteiger partial charge on any atom is -0.497 e. The monoisotopic (exact) mass is 424 g/mol. The number of anilines is 2. The van der Waals surface area contributed by atoms with Crippen LogP contribution < -0.4 is 15.4 Å². The second kappa shape index (κ2) is 9.93. The number of nitrogens with one attached hydrogen (secondary N) is 2. The Bertz CT molecular complexity index is 1070. The van der Waals surface area contributed by atoms with Gasteiger partial charge in [-0.15, -0.1) is 11.8 Å². The van der Waals surface area contributed by atoms with Crippen LogP contribution in [-0.4, -0.2) is 24.7 Å². The summed E-state index contributed by atoms with van der Waals surface area (Å²) < 4.78 is 19.2. The molecule has 154 valence electrons. The normalized spacial score (nSPS) is 10.4. The molecule has 3 rings (SSSR count). The maximum absolute atomic E-state index is 14.1. The first-order valence-corrected chi connectivity index (χ1v) is 10.2. The van der Waals surface area contributed by atoms with E-state index in [9.17, 15) is 14.0 Å². The third kappa shape index (κ3) is 5.61. The van der Waals surface area contributed by atoms with E-state index in [0.717, 1.165) is 5.56 Å². The summed E-state index contributed by atoms with van der Waals surface area (Å²) in [5.41, 5.74) is 1.88. The number of carbonyl (C=O) groups excluding carboxylic acids is 2. The SMILES string of the molecule is COc1cccc(NC(=O)CSc2ccccc2C(=O)Nc2ccc(C)cc2F)c1. The van der Waals surface area contributed by atoms with Gasteiger partial charge in [-0.3, -0.25) is 9.59 Å². The number of aryl methyl sites for hydroxylation is 1. The van der Waals surface area contributed by atoms with Crippen molar-refractivity contribution in [3.63, 3.8) is 0 Å². The van der Waals surface area contributed by atoms with Gasteiger partial charge in [0.15, 0.2) is 0 Å². The smallest absolute Gasteiger partial charge is 0.256 e. The van der Waals surface area contributed by atoms with E-state index in [-0.39, 0.29) is 17.3 Å². The maximum atomic E-state index is 14.1. The van der Waals surface area contributed by atoms with Gasteiger partial charge in [0, 0.05) is 16.6 Å². The van der Waals surface area contributed by atoms with Gasteiger partial charge in [0.2, 0.25) is 5.91 Å². The van der Waals surface area contributed by atoms with Crippen molar-refractivity contribution in [3.8, 4) is 5.75 Å². The summed E-state index contributed by atoms with van der Waals surface area (Å²) in [4.78, 5) is 25.6. The summed E-state index contributed by atoms with van der Waals surface area (Å²) in [6, 6.07) is 18.6. The fourth-order valence-corrected chi connectivity index (χ4v) is 3.58. The highest BCUT2D eigenvalue weighted by Crippen LogP contribution is 2.25. The number of methoxy groups -OCH3 is 1. The molecule has 7 heteroatoms. The zero-order chi connectivity index (χ0) is 21.5. The lowest BCUT2D eigenvalue weighted by Gasteiger charge is -2.11. The van der Waals surface area contributed by atoms with E-state index in [4.69, 9.17) is 4.74 Å². The van der Waals surface area contributed by atoms with E-state index in [0.29, 0.717) is 21.9 Å². The van der Waals surface area contributed by atoms with Gasteiger partial charge in [-0.2, -0.15) is 0 Å². The zero-order valence-electron chi connectivity index (χ0n) is 16.6. The molecule has 0 bridgehead atoms. The van der Waals surface area contributed by atoms with Crippen LogP contribution in [0.5, 0.6) is 5.75 Å². The lowest BCUT2D eigenvalue weighted by molar-refractivity contribution is -0.113. The van der Waals surface area contributed by atoms with Gasteiger partial charge in [-0.05, 0) is 48.9 Å². The number of hydrogen-bond acceptors (Lipinski definition) is 4. The van der Waals surface area contributed by atoms with Crippen molar-refractivity contribution in [1.82, 2.24) is 0 Å². The molecule has 0 atom stereocenters. The number of amides is 2. The quantitative estimate of drug-likeness (QED) is 0.516. The van der Waals surface area contributed by atoms with E-state index in [2.05, 4.69) is 10.6 Å². The molecule has 0 spiro atoms. The summed E-state index contributed by atoms with van der Waals surface area (Å²) in [6.07, 6.45) is 0. The molecule has 0 aliphatic heterocycles. The molecular weight excluding hydrogens is 403 g/mol. The van der Waals surface area contributed by atoms with Crippen molar-refractivity contribution in [2.75, 3.05) is 23.5 Å². The summed E-state index contributed by atoms with van der Waals surface area (Å²) >= 11 is 1.23. The molecule has 0 aliphatic carbocycles. The fraction of sp³-hybridized carbons (Fsp3) is 0.130. The molecule has 30 heavy (non-hydrogen) atoms. The number of hydrogen-bond donors (Lipinski definition) is 2. The van der Waals surface area contributed by atoms with Gasteiger partial charge in [0.25, 0.3) is 5.91 Å². The Hall–Kier alpha value is -3.32. The van der Waals surface area contributed by atoms with Crippen LogP contribution in [0, 0.1) is 12.7 Å². The number of carbonyl (C=O) groups is 2. The van der Waals surface area contributed by atoms with Crippen molar-refractivity contribution in [1.29, 1.82) is 0 Å². The fourth-order valence-electron chi connectivity index (χ4n) is 2.73. The Morgan fingerprint density at radius 1 is 1.00 bits per heavy atom. The minimum absolute atomic E-state index is 0.112. The van der Waals surface area contributed by atoms with Crippen LogP contribution in [-0.2, 0) is 4.79 Å². The lowest BCUT2D eigenvalue weighted by atomic mass is 10.2. The van der Waals surface area contributed by atoms with Crippen LogP contribution >= 0.6 is 11.8 Å². The van der Waals surface area contributed by atoms with Crippen LogP contribution in [0.4, 0.5) is 15.8 Å². The van der Waals surface area contributed by atoms with E-state index < -0.39 is 11.7 Å². The molecule has 0 unspecified atom stereocenters. The number of halogens is 1. The predicted molar refractivity (Wildman–Crippen MR) is 118 cm³/mol. The Morgan fingerprint density at radius 3 is 2.57 bits per heavy atom. The summed E-state index contributed by atoms with van der Waals surface area (Å²) in [6.45, 7) is 1.77. The average Bonchev–Trinajstić information content (AvgIpc) is 2.74. The summed E-state index contributed by atoms with van der Waals surface area (Å²) in [5.74, 6) is -0.389. The van der Waals surface area contributed by atoms with Crippen LogP contribution in [0.1, 0.15) is 15.9 Å². The maximum Gasteiger partial charge on any atom is 0.256 e. The first kappa shape index (κ1) is 21.4. The third-order valence-corrected chi connectivity index (χ3v) is 5.29. The standard InChI is InChI=1S/C23H21FN2O3S/c1-15-10-11-20(19(24)12-15)26-23(28)18-8-3-4-9-21(18)30-14-22(27)25-16-6-5-7-17(13-16)29-2/h3-13H,14H2,1-2H3,(H,25,27)(H,26,28). The van der Waals surface area contributed by atoms with Gasteiger partial charge >= 0.3 is 0 Å². The van der Waals surface area contributed by atoms with E-state index in [1.54, 1.807) is 68.6 Å². The topological polar surface area (TPSA) is 67.4 Å². The molecule has 0 saturated carbocycles. The molecule has 0 radical (unpaired) electrons. The van der Waals surface area contributed by atoms with E-state index >= 15 is 0 Å². The van der Waals surface area contributed by atoms with Crippen molar-refractivity contribution in [3.05, 3.63) is 83.7 Å². The molecule has 2 amide bonds. The van der Waals surface area contributed by atoms with Crippen LogP contribution in [0.3, 0.4) is 0 Å². The zero-order valence-corrected chi connectivity index (χ0v) is 17.4. The first-order valence-electron chi connectivity index (χ1n) is 9.19. The Morgan fingerprint density at radius 2 is 1.80 bits per heavy atom. The largest absolute Gasteiger partial charge is 0.497 e. The highest BCUT2D eigenvalue weighted by molar-refractivity contribution is 8.00. The second-order valence-electron chi connectivity index (χ2n) is 6.50. The minimum atomic E-state index is -0.494. The predicted octanol–water partition coefficient (Wildman–Crippen LogP) is 5.13. The summed E-state index contributed by atoms with van der Waals surface area (Å²) in [7, 11) is 1.56. The Labute approximate surface area is 178 Å². The van der Waals surface area contributed by atoms with Gasteiger partial charge in [-0.1, -0.05) is 24.3 Å². The molecule has 0 fully saturated rings. The first-order chi connectivity index (χ1) is 14.5. The van der Waals surface area contributed by atoms with Crippen molar-refractivity contribution in [2.24, 2.45) is 0 Å². The molecule has 0 aliphatic rings. The van der Waals surface area contributed by atoms with Crippen LogP contribution in [0.2, 0.25) is 0 Å². The van der Waals surface area contributed by atoms with E-state index in [1.807, 2.05) is 0 Å². The molecule has 3 aromatic carbocycles. The Kier molecular flexibility index (Phi) is 7.08. The van der Waals surface area contributed by atoms with E-state index in [1.165, 1.54) is 23.9 Å². The average molecular weight is 424 g/mol. The van der Waals surface area contributed by atoms with Gasteiger partial charge < -0.3 is 15.4 Å². The van der Waals surface area contributed by atoms with Crippen molar-refractivity contribution >= 4 is 35.0 Å². The highest BCUT2D eigenvalue weighted by Gasteiger charge is 2.15. The number of rotatable bonds is 7. The number of thioether (sulfide) groups is 1. The lowest BCUT2D eigenvalue weighted by Crippen LogP contribution is -2.16. The second-order valence-corrected chi connectivity index (χ2v) is 7.52. The number of ether oxygens (including phenoxy) is 1. The van der Waals surface area contributed by atoms with Gasteiger partial charge in [0.1, 0.15) is 11.6 Å². The Balaban J connectivity index is 1.65. The summed E-state index contributed by atoms with van der Waals surface area (Å²) in [5, 5.41) is 5.39. The third-order valence-electron chi connectivity index (χ3n) is 4.22. The molecule has 5 nitrogen and oxygen atoms in total. The van der Waals surface area contributed by atoms with Crippen LogP contribution in [0.25, 0.3) is 0 Å². The van der Waals surface area contributed by atoms with Crippen molar-refractivity contribution in [2.45, 2.75) is 11.8 Å².